The van der Waals surface area contributed by atoms with Crippen LogP contribution in [0.5, 0.6) is 0 Å². The third-order valence-electron chi connectivity index (χ3n) is 2.44. The van der Waals surface area contributed by atoms with Crippen molar-refractivity contribution in [1.29, 1.82) is 0 Å². The number of carbonyl (C=O) groups is 2. The van der Waals surface area contributed by atoms with Crippen LogP contribution in [-0.4, -0.2) is 27.0 Å². The molecule has 1 heterocycles. The van der Waals surface area contributed by atoms with Gasteiger partial charge in [0, 0.05) is 0 Å². The Hall–Kier alpha value is -2.34. The highest BCUT2D eigenvalue weighted by atomic mass is 35.5. The summed E-state index contributed by atoms with van der Waals surface area (Å²) in [5.74, 6) is -1.89. The van der Waals surface area contributed by atoms with Gasteiger partial charge in [-0.1, -0.05) is 17.7 Å². The number of aromatic carboxylic acids is 1. The number of carbonyl (C=O) groups excluding carboxylic acids is 1. The molecule has 19 heavy (non-hydrogen) atoms. The second kappa shape index (κ2) is 5.11. The number of H-pyrrole nitrogens is 1. The Morgan fingerprint density at radius 1 is 1.42 bits per heavy atom. The molecule has 2 rings (SSSR count). The van der Waals surface area contributed by atoms with Crippen LogP contribution in [0.2, 0.25) is 5.02 Å². The fourth-order valence-corrected chi connectivity index (χ4v) is 1.81. The summed E-state index contributed by atoms with van der Waals surface area (Å²) in [5, 5.41) is 11.8. The number of anilines is 1. The van der Waals surface area contributed by atoms with Crippen LogP contribution in [-0.2, 0) is 0 Å². The molecule has 1 aromatic carbocycles. The van der Waals surface area contributed by atoms with E-state index >= 15 is 0 Å². The second-order valence-electron chi connectivity index (χ2n) is 3.87. The molecule has 2 aromatic rings. The van der Waals surface area contributed by atoms with E-state index in [1.165, 1.54) is 0 Å². The van der Waals surface area contributed by atoms with Gasteiger partial charge in [0.25, 0.3) is 5.91 Å². The molecule has 3 N–H and O–H groups in total. The number of hydrogen-bond acceptors (Lipinski definition) is 3. The van der Waals surface area contributed by atoms with Crippen LogP contribution >= 0.6 is 11.6 Å². The number of hydrogen-bond donors (Lipinski definition) is 3. The van der Waals surface area contributed by atoms with Gasteiger partial charge in [-0.3, -0.25) is 4.79 Å². The third kappa shape index (κ3) is 2.74. The molecule has 0 saturated heterocycles. The molecule has 0 radical (unpaired) electrons. The molecule has 0 spiro atoms. The highest BCUT2D eigenvalue weighted by molar-refractivity contribution is 6.34. The molecule has 98 valence electrons. The van der Waals surface area contributed by atoms with Crippen molar-refractivity contribution in [3.05, 3.63) is 46.5 Å². The average molecular weight is 280 g/mol. The molecule has 0 atom stereocenters. The number of imidazole rings is 1. The average Bonchev–Trinajstić information content (AvgIpc) is 2.82. The van der Waals surface area contributed by atoms with Crippen molar-refractivity contribution in [2.24, 2.45) is 0 Å². The van der Waals surface area contributed by atoms with Crippen LogP contribution in [0.1, 0.15) is 26.5 Å². The number of benzene rings is 1. The van der Waals surface area contributed by atoms with Gasteiger partial charge >= 0.3 is 5.97 Å². The van der Waals surface area contributed by atoms with Gasteiger partial charge in [0.2, 0.25) is 0 Å². The van der Waals surface area contributed by atoms with Crippen LogP contribution in [0.4, 0.5) is 5.69 Å². The molecule has 0 saturated carbocycles. The minimum Gasteiger partial charge on any atom is -0.477 e. The topological polar surface area (TPSA) is 95.1 Å². The summed E-state index contributed by atoms with van der Waals surface area (Å²) in [6, 6.07) is 5.12. The van der Waals surface area contributed by atoms with Crippen molar-refractivity contribution in [2.75, 3.05) is 5.32 Å². The predicted molar refractivity (Wildman–Crippen MR) is 69.7 cm³/mol. The van der Waals surface area contributed by atoms with E-state index in [4.69, 9.17) is 16.7 Å². The van der Waals surface area contributed by atoms with Crippen LogP contribution in [0.25, 0.3) is 0 Å². The number of nitrogens with one attached hydrogen (secondary N) is 2. The van der Waals surface area contributed by atoms with E-state index in [0.717, 1.165) is 11.9 Å². The molecule has 1 amide bonds. The van der Waals surface area contributed by atoms with Crippen molar-refractivity contribution in [3.8, 4) is 0 Å². The molecule has 0 fully saturated rings. The summed E-state index contributed by atoms with van der Waals surface area (Å²) in [7, 11) is 0. The zero-order valence-corrected chi connectivity index (χ0v) is 10.7. The fraction of sp³-hybridized carbons (Fsp3) is 0.0833. The van der Waals surface area contributed by atoms with Gasteiger partial charge in [-0.15, -0.1) is 0 Å². The monoisotopic (exact) mass is 279 g/mol. The Labute approximate surface area is 113 Å². The van der Waals surface area contributed by atoms with Crippen molar-refractivity contribution in [3.63, 3.8) is 0 Å². The van der Waals surface area contributed by atoms with Crippen molar-refractivity contribution < 1.29 is 14.7 Å². The summed E-state index contributed by atoms with van der Waals surface area (Å²) in [4.78, 5) is 28.9. The van der Waals surface area contributed by atoms with E-state index in [-0.39, 0.29) is 11.4 Å². The van der Waals surface area contributed by atoms with Crippen LogP contribution in [0.3, 0.4) is 0 Å². The van der Waals surface area contributed by atoms with E-state index < -0.39 is 11.9 Å². The van der Waals surface area contributed by atoms with Gasteiger partial charge in [0.05, 0.1) is 17.0 Å². The molecule has 0 aliphatic rings. The number of carboxylic acids is 1. The number of aromatic nitrogens is 2. The number of aromatic amines is 1. The highest BCUT2D eigenvalue weighted by Gasteiger charge is 2.20. The van der Waals surface area contributed by atoms with Crippen LogP contribution < -0.4 is 5.32 Å². The fourth-order valence-electron chi connectivity index (χ4n) is 1.53. The van der Waals surface area contributed by atoms with E-state index in [9.17, 15) is 9.59 Å². The van der Waals surface area contributed by atoms with E-state index in [2.05, 4.69) is 15.3 Å². The van der Waals surface area contributed by atoms with Crippen molar-refractivity contribution in [1.82, 2.24) is 9.97 Å². The summed E-state index contributed by atoms with van der Waals surface area (Å²) in [5.41, 5.74) is 0.899. The first-order valence-corrected chi connectivity index (χ1v) is 5.71. The number of halogens is 1. The number of amides is 1. The molecular weight excluding hydrogens is 270 g/mol. The van der Waals surface area contributed by atoms with Crippen molar-refractivity contribution >= 4 is 29.2 Å². The van der Waals surface area contributed by atoms with Crippen molar-refractivity contribution in [2.45, 2.75) is 6.92 Å². The molecule has 7 heteroatoms. The normalized spacial score (nSPS) is 10.2. The number of nitrogens with zero attached hydrogens (tertiary/aromatic N) is 1. The number of carboxylic acid groups (broad SMARTS) is 1. The molecule has 1 aromatic heterocycles. The quantitative estimate of drug-likeness (QED) is 0.803. The molecule has 6 nitrogen and oxygen atoms in total. The maximum Gasteiger partial charge on any atom is 0.354 e. The standard InChI is InChI=1S/C12H10ClN3O3/c1-6-2-3-8(7(13)4-6)16-11(17)9-10(12(18)19)15-5-14-9/h2-5H,1H3,(H,14,15)(H,16,17)(H,18,19). The molecular formula is C12H10ClN3O3. The Kier molecular flexibility index (Phi) is 3.52. The SMILES string of the molecule is Cc1ccc(NC(=O)c2nc[nH]c2C(=O)O)c(Cl)c1. The van der Waals surface area contributed by atoms with Gasteiger partial charge in [0.15, 0.2) is 11.4 Å². The predicted octanol–water partition coefficient (Wildman–Crippen LogP) is 2.32. The smallest absolute Gasteiger partial charge is 0.354 e. The molecule has 0 unspecified atom stereocenters. The van der Waals surface area contributed by atoms with E-state index in [1.54, 1.807) is 18.2 Å². The Bertz CT molecular complexity index is 651. The van der Waals surface area contributed by atoms with Gasteiger partial charge in [-0.05, 0) is 24.6 Å². The zero-order valence-electron chi connectivity index (χ0n) is 9.90. The summed E-state index contributed by atoms with van der Waals surface area (Å²) < 4.78 is 0. The summed E-state index contributed by atoms with van der Waals surface area (Å²) in [6.45, 7) is 1.87. The Balaban J connectivity index is 2.26. The third-order valence-corrected chi connectivity index (χ3v) is 2.75. The molecule has 0 aliphatic heterocycles. The second-order valence-corrected chi connectivity index (χ2v) is 4.28. The number of rotatable bonds is 3. The largest absolute Gasteiger partial charge is 0.477 e. The maximum atomic E-state index is 11.9. The summed E-state index contributed by atoms with van der Waals surface area (Å²) in [6.07, 6.45) is 1.15. The van der Waals surface area contributed by atoms with Gasteiger partial charge < -0.3 is 15.4 Å². The van der Waals surface area contributed by atoms with Gasteiger partial charge in [-0.25, -0.2) is 9.78 Å². The zero-order chi connectivity index (χ0) is 14.0. The first kappa shape index (κ1) is 13.1. The van der Waals surface area contributed by atoms with E-state index in [0.29, 0.717) is 10.7 Å². The minimum absolute atomic E-state index is 0.191. The lowest BCUT2D eigenvalue weighted by molar-refractivity contribution is 0.0686. The molecule has 0 aliphatic carbocycles. The lowest BCUT2D eigenvalue weighted by Gasteiger charge is -2.06. The lowest BCUT2D eigenvalue weighted by Crippen LogP contribution is -2.16. The lowest BCUT2D eigenvalue weighted by atomic mass is 10.2. The first-order valence-electron chi connectivity index (χ1n) is 5.33. The Morgan fingerprint density at radius 3 is 2.79 bits per heavy atom. The number of aryl methyl sites for hydroxylation is 1. The maximum absolute atomic E-state index is 11.9. The highest BCUT2D eigenvalue weighted by Crippen LogP contribution is 2.23. The minimum atomic E-state index is -1.25. The van der Waals surface area contributed by atoms with Crippen LogP contribution in [0.15, 0.2) is 24.5 Å². The van der Waals surface area contributed by atoms with Gasteiger partial charge in [-0.2, -0.15) is 0 Å². The first-order chi connectivity index (χ1) is 8.99. The Morgan fingerprint density at radius 2 is 2.16 bits per heavy atom. The van der Waals surface area contributed by atoms with E-state index in [1.807, 2.05) is 6.92 Å². The van der Waals surface area contributed by atoms with Crippen LogP contribution in [0, 0.1) is 6.92 Å². The summed E-state index contributed by atoms with van der Waals surface area (Å²) >= 11 is 5.98. The van der Waals surface area contributed by atoms with Gasteiger partial charge in [0.1, 0.15) is 0 Å². The molecule has 0 bridgehead atoms.